The third-order valence-electron chi connectivity index (χ3n) is 3.64. The van der Waals surface area contributed by atoms with Crippen molar-refractivity contribution in [3.05, 3.63) is 58.6 Å². The highest BCUT2D eigenvalue weighted by Crippen LogP contribution is 2.28. The van der Waals surface area contributed by atoms with Crippen LogP contribution >= 0.6 is 11.6 Å². The number of ether oxygens (including phenoxy) is 1. The fourth-order valence-electron chi connectivity index (χ4n) is 2.20. The molecule has 2 rings (SSSR count). The molecule has 0 bridgehead atoms. The minimum Gasteiger partial charge on any atom is -0.497 e. The largest absolute Gasteiger partial charge is 0.497 e. The van der Waals surface area contributed by atoms with Crippen molar-refractivity contribution in [1.82, 2.24) is 0 Å². The molecule has 6 heteroatoms. The summed E-state index contributed by atoms with van der Waals surface area (Å²) >= 11 is 6.10. The third-order valence-corrected chi connectivity index (χ3v) is 5.07. The van der Waals surface area contributed by atoms with Crippen molar-refractivity contribution < 1.29 is 17.9 Å². The Labute approximate surface area is 141 Å². The molecular formula is C17H17ClO4S. The number of rotatable bonds is 5. The van der Waals surface area contributed by atoms with E-state index >= 15 is 0 Å². The average molecular weight is 353 g/mol. The van der Waals surface area contributed by atoms with Crippen molar-refractivity contribution in [1.29, 1.82) is 0 Å². The Morgan fingerprint density at radius 2 is 1.74 bits per heavy atom. The number of ketones is 1. The summed E-state index contributed by atoms with van der Waals surface area (Å²) in [5.41, 5.74) is 1.14. The summed E-state index contributed by atoms with van der Waals surface area (Å²) in [5.74, 6) is 0.145. The maximum Gasteiger partial charge on any atom is 0.175 e. The van der Waals surface area contributed by atoms with Crippen LogP contribution in [0.3, 0.4) is 0 Å². The lowest BCUT2D eigenvalue weighted by atomic mass is 9.92. The van der Waals surface area contributed by atoms with E-state index in [4.69, 9.17) is 16.3 Å². The predicted molar refractivity (Wildman–Crippen MR) is 90.3 cm³/mol. The normalized spacial score (nSPS) is 12.7. The predicted octanol–water partition coefficient (Wildman–Crippen LogP) is 3.74. The van der Waals surface area contributed by atoms with Crippen molar-refractivity contribution in [3.63, 3.8) is 0 Å². The second kappa shape index (κ2) is 6.72. The first-order valence-electron chi connectivity index (χ1n) is 6.92. The van der Waals surface area contributed by atoms with E-state index < -0.39 is 15.8 Å². The number of carbonyl (C=O) groups excluding carboxylic acids is 1. The van der Waals surface area contributed by atoms with E-state index in [2.05, 4.69) is 0 Å². The van der Waals surface area contributed by atoms with Gasteiger partial charge in [-0.25, -0.2) is 8.42 Å². The van der Waals surface area contributed by atoms with Gasteiger partial charge in [0.2, 0.25) is 0 Å². The zero-order chi connectivity index (χ0) is 17.2. The Balaban J connectivity index is 2.32. The van der Waals surface area contributed by atoms with Crippen LogP contribution in [-0.2, 0) is 9.84 Å². The molecule has 0 amide bonds. The molecule has 0 saturated heterocycles. The van der Waals surface area contributed by atoms with Crippen LogP contribution < -0.4 is 4.74 Å². The number of methoxy groups -OCH3 is 1. The maximum absolute atomic E-state index is 12.6. The van der Waals surface area contributed by atoms with E-state index in [1.165, 1.54) is 18.2 Å². The lowest BCUT2D eigenvalue weighted by molar-refractivity contribution is 0.0966. The van der Waals surface area contributed by atoms with Gasteiger partial charge in [-0.1, -0.05) is 30.7 Å². The molecule has 0 spiro atoms. The van der Waals surface area contributed by atoms with Gasteiger partial charge in [-0.05, 0) is 35.9 Å². The molecule has 2 aromatic rings. The number of carbonyl (C=O) groups is 1. The summed E-state index contributed by atoms with van der Waals surface area (Å²) in [6.45, 7) is 1.78. The van der Waals surface area contributed by atoms with Gasteiger partial charge >= 0.3 is 0 Å². The Morgan fingerprint density at radius 3 is 2.22 bits per heavy atom. The highest BCUT2D eigenvalue weighted by Gasteiger charge is 2.21. The molecule has 0 aliphatic rings. The molecular weight excluding hydrogens is 336 g/mol. The van der Waals surface area contributed by atoms with E-state index in [-0.39, 0.29) is 15.7 Å². The number of halogens is 1. The van der Waals surface area contributed by atoms with Crippen LogP contribution in [0.25, 0.3) is 0 Å². The lowest BCUT2D eigenvalue weighted by Crippen LogP contribution is -2.11. The highest BCUT2D eigenvalue weighted by molar-refractivity contribution is 7.90. The molecule has 0 heterocycles. The van der Waals surface area contributed by atoms with Crippen LogP contribution in [0, 0.1) is 0 Å². The minimum absolute atomic E-state index is 0.0937. The SMILES string of the molecule is COc1ccc(C(C)C(=O)c2ccc(S(C)(=O)=O)cc2Cl)cc1. The van der Waals surface area contributed by atoms with E-state index in [9.17, 15) is 13.2 Å². The Morgan fingerprint density at radius 1 is 1.13 bits per heavy atom. The van der Waals surface area contributed by atoms with Gasteiger partial charge < -0.3 is 4.74 Å². The maximum atomic E-state index is 12.6. The topological polar surface area (TPSA) is 60.4 Å². The summed E-state index contributed by atoms with van der Waals surface area (Å²) in [6, 6.07) is 11.4. The highest BCUT2D eigenvalue weighted by atomic mass is 35.5. The average Bonchev–Trinajstić information content (AvgIpc) is 2.52. The van der Waals surface area contributed by atoms with Gasteiger partial charge in [0.1, 0.15) is 5.75 Å². The summed E-state index contributed by atoms with van der Waals surface area (Å²) in [5, 5.41) is 0.137. The molecule has 0 aromatic heterocycles. The minimum atomic E-state index is -3.36. The van der Waals surface area contributed by atoms with Crippen molar-refractivity contribution in [3.8, 4) is 5.75 Å². The standard InChI is InChI=1S/C17H17ClO4S/c1-11(12-4-6-13(22-2)7-5-12)17(19)15-9-8-14(10-16(15)18)23(3,20)21/h4-11H,1-3H3. The third kappa shape index (κ3) is 3.92. The molecule has 0 N–H and O–H groups in total. The summed E-state index contributed by atoms with van der Waals surface area (Å²) in [7, 11) is -1.78. The van der Waals surface area contributed by atoms with Crippen molar-refractivity contribution >= 4 is 27.2 Å². The number of hydrogen-bond donors (Lipinski definition) is 0. The number of Topliss-reactive ketones (excluding diaryl/α,β-unsaturated/α-hetero) is 1. The first-order chi connectivity index (χ1) is 10.7. The molecule has 0 radical (unpaired) electrons. The van der Waals surface area contributed by atoms with Gasteiger partial charge in [0.15, 0.2) is 15.6 Å². The number of sulfone groups is 1. The fraction of sp³-hybridized carbons (Fsp3) is 0.235. The molecule has 1 atom stereocenters. The fourth-order valence-corrected chi connectivity index (χ4v) is 3.19. The van der Waals surface area contributed by atoms with Crippen molar-refractivity contribution in [2.75, 3.05) is 13.4 Å². The van der Waals surface area contributed by atoms with E-state index in [1.54, 1.807) is 26.2 Å². The van der Waals surface area contributed by atoms with Gasteiger partial charge in [-0.15, -0.1) is 0 Å². The van der Waals surface area contributed by atoms with Crippen molar-refractivity contribution in [2.24, 2.45) is 0 Å². The molecule has 2 aromatic carbocycles. The van der Waals surface area contributed by atoms with Gasteiger partial charge in [0, 0.05) is 17.7 Å². The quantitative estimate of drug-likeness (QED) is 0.769. The number of hydrogen-bond acceptors (Lipinski definition) is 4. The monoisotopic (exact) mass is 352 g/mol. The molecule has 0 fully saturated rings. The molecule has 122 valence electrons. The van der Waals surface area contributed by atoms with E-state index in [1.807, 2.05) is 12.1 Å². The van der Waals surface area contributed by atoms with E-state index in [0.717, 1.165) is 11.8 Å². The Hall–Kier alpha value is -1.85. The smallest absolute Gasteiger partial charge is 0.175 e. The van der Waals surface area contributed by atoms with E-state index in [0.29, 0.717) is 11.3 Å². The molecule has 0 aliphatic carbocycles. The second-order valence-electron chi connectivity index (χ2n) is 5.27. The second-order valence-corrected chi connectivity index (χ2v) is 7.70. The number of benzene rings is 2. The molecule has 23 heavy (non-hydrogen) atoms. The van der Waals surface area contributed by atoms with Crippen LogP contribution in [0.5, 0.6) is 5.75 Å². The van der Waals surface area contributed by atoms with Gasteiger partial charge in [-0.2, -0.15) is 0 Å². The Bertz CT molecular complexity index is 826. The van der Waals surface area contributed by atoms with Gasteiger partial charge in [0.25, 0.3) is 0 Å². The molecule has 1 unspecified atom stereocenters. The van der Waals surface area contributed by atoms with Crippen LogP contribution in [-0.4, -0.2) is 27.6 Å². The van der Waals surface area contributed by atoms with Crippen LogP contribution in [0.1, 0.15) is 28.8 Å². The summed E-state index contributed by atoms with van der Waals surface area (Å²) < 4.78 is 28.1. The van der Waals surface area contributed by atoms with Crippen LogP contribution in [0.2, 0.25) is 5.02 Å². The first kappa shape index (κ1) is 17.5. The van der Waals surface area contributed by atoms with Gasteiger partial charge in [0.05, 0.1) is 17.0 Å². The zero-order valence-corrected chi connectivity index (χ0v) is 14.6. The molecule has 4 nitrogen and oxygen atoms in total. The molecule has 0 saturated carbocycles. The summed E-state index contributed by atoms with van der Waals surface area (Å²) in [6.07, 6.45) is 1.10. The summed E-state index contributed by atoms with van der Waals surface area (Å²) in [4.78, 5) is 12.7. The first-order valence-corrected chi connectivity index (χ1v) is 9.18. The van der Waals surface area contributed by atoms with Crippen LogP contribution in [0.4, 0.5) is 0 Å². The lowest BCUT2D eigenvalue weighted by Gasteiger charge is -2.13. The Kier molecular flexibility index (Phi) is 5.12. The van der Waals surface area contributed by atoms with Crippen LogP contribution in [0.15, 0.2) is 47.4 Å². The van der Waals surface area contributed by atoms with Crippen molar-refractivity contribution in [2.45, 2.75) is 17.7 Å². The molecule has 0 aliphatic heterocycles. The van der Waals surface area contributed by atoms with Gasteiger partial charge in [-0.3, -0.25) is 4.79 Å². The zero-order valence-electron chi connectivity index (χ0n) is 13.0.